The van der Waals surface area contributed by atoms with Crippen LogP contribution < -0.4 is 0 Å². The van der Waals surface area contributed by atoms with Crippen molar-refractivity contribution in [2.45, 2.75) is 30.3 Å². The molecule has 1 aliphatic rings. The summed E-state index contributed by atoms with van der Waals surface area (Å²) in [5.74, 6) is 0.518. The van der Waals surface area contributed by atoms with Crippen molar-refractivity contribution in [3.8, 4) is 0 Å². The van der Waals surface area contributed by atoms with Gasteiger partial charge in [-0.1, -0.05) is 23.9 Å². The Morgan fingerprint density at radius 2 is 1.92 bits per heavy atom. The van der Waals surface area contributed by atoms with Crippen LogP contribution in [-0.4, -0.2) is 38.4 Å². The molecule has 0 spiro atoms. The lowest BCUT2D eigenvalue weighted by atomic mass is 10.2. The molecule has 134 valence electrons. The second-order valence-corrected chi connectivity index (χ2v) is 7.27. The first kappa shape index (κ1) is 17.0. The van der Waals surface area contributed by atoms with Gasteiger partial charge >= 0.3 is 0 Å². The zero-order valence-corrected chi connectivity index (χ0v) is 15.1. The number of aromatic nitrogens is 3. The predicted octanol–water partition coefficient (Wildman–Crippen LogP) is 3.49. The van der Waals surface area contributed by atoms with Crippen molar-refractivity contribution in [3.63, 3.8) is 0 Å². The largest absolute Gasteiger partial charge is 0.341 e. The molecule has 1 amide bonds. The molecule has 0 unspecified atom stereocenters. The van der Waals surface area contributed by atoms with Crippen LogP contribution in [0.15, 0.2) is 47.8 Å². The molecular formula is C19H19FN4OS. The van der Waals surface area contributed by atoms with Crippen LogP contribution in [0.25, 0.3) is 11.2 Å². The fourth-order valence-corrected chi connectivity index (χ4v) is 4.08. The standard InChI is InChI=1S/C19H19FN4OS/c20-15-7-5-14(6-8-15)13-26-19-22-16-4-3-9-21-18(16)24(19)12-17(25)23-10-1-2-11-23/h3-9H,1-2,10-13H2. The summed E-state index contributed by atoms with van der Waals surface area (Å²) in [5, 5.41) is 0.760. The van der Waals surface area contributed by atoms with E-state index in [-0.39, 0.29) is 18.3 Å². The highest BCUT2D eigenvalue weighted by atomic mass is 32.2. The third-order valence-electron chi connectivity index (χ3n) is 4.50. The summed E-state index contributed by atoms with van der Waals surface area (Å²) in [6.45, 7) is 1.91. The molecule has 1 fully saturated rings. The van der Waals surface area contributed by atoms with E-state index >= 15 is 0 Å². The van der Waals surface area contributed by atoms with Gasteiger partial charge in [0.15, 0.2) is 10.8 Å². The molecule has 0 atom stereocenters. The van der Waals surface area contributed by atoms with Gasteiger partial charge in [0, 0.05) is 25.0 Å². The summed E-state index contributed by atoms with van der Waals surface area (Å²) in [7, 11) is 0. The maximum absolute atomic E-state index is 13.1. The highest BCUT2D eigenvalue weighted by Crippen LogP contribution is 2.26. The van der Waals surface area contributed by atoms with E-state index in [9.17, 15) is 9.18 Å². The second kappa shape index (κ2) is 7.45. The van der Waals surface area contributed by atoms with Crippen molar-refractivity contribution in [2.24, 2.45) is 0 Å². The highest BCUT2D eigenvalue weighted by Gasteiger charge is 2.21. The van der Waals surface area contributed by atoms with Gasteiger partial charge in [0.25, 0.3) is 0 Å². The van der Waals surface area contributed by atoms with Gasteiger partial charge < -0.3 is 4.90 Å². The molecule has 1 aromatic carbocycles. The summed E-state index contributed by atoms with van der Waals surface area (Å²) >= 11 is 1.53. The Bertz CT molecular complexity index is 919. The SMILES string of the molecule is O=C(Cn1c(SCc2ccc(F)cc2)nc2cccnc21)N1CCCC1. The first-order valence-corrected chi connectivity index (χ1v) is 9.65. The predicted molar refractivity (Wildman–Crippen MR) is 99.3 cm³/mol. The van der Waals surface area contributed by atoms with Gasteiger partial charge in [0.05, 0.1) is 0 Å². The van der Waals surface area contributed by atoms with E-state index in [1.165, 1.54) is 23.9 Å². The van der Waals surface area contributed by atoms with Crippen LogP contribution >= 0.6 is 11.8 Å². The number of fused-ring (bicyclic) bond motifs is 1. The van der Waals surface area contributed by atoms with E-state index in [4.69, 9.17) is 0 Å². The molecule has 0 radical (unpaired) electrons. The number of hydrogen-bond acceptors (Lipinski definition) is 4. The Morgan fingerprint density at radius 1 is 1.15 bits per heavy atom. The summed E-state index contributed by atoms with van der Waals surface area (Å²) in [6.07, 6.45) is 3.86. The third kappa shape index (κ3) is 3.58. The lowest BCUT2D eigenvalue weighted by Gasteiger charge is -2.16. The minimum atomic E-state index is -0.244. The molecule has 5 nitrogen and oxygen atoms in total. The Morgan fingerprint density at radius 3 is 2.69 bits per heavy atom. The number of imidazole rings is 1. The molecule has 0 aliphatic carbocycles. The van der Waals surface area contributed by atoms with Gasteiger partial charge in [-0.25, -0.2) is 14.4 Å². The van der Waals surface area contributed by atoms with E-state index in [1.54, 1.807) is 18.3 Å². The third-order valence-corrected chi connectivity index (χ3v) is 5.55. The van der Waals surface area contributed by atoms with Gasteiger partial charge in [0.1, 0.15) is 17.9 Å². The average Bonchev–Trinajstić information content (AvgIpc) is 3.30. The molecule has 7 heteroatoms. The summed E-state index contributed by atoms with van der Waals surface area (Å²) in [6, 6.07) is 10.2. The molecule has 26 heavy (non-hydrogen) atoms. The first-order chi connectivity index (χ1) is 12.7. The lowest BCUT2D eigenvalue weighted by molar-refractivity contribution is -0.130. The van der Waals surface area contributed by atoms with E-state index in [0.29, 0.717) is 5.75 Å². The number of carbonyl (C=O) groups is 1. The fraction of sp³-hybridized carbons (Fsp3) is 0.316. The minimum absolute atomic E-state index is 0.107. The number of rotatable bonds is 5. The molecule has 1 aliphatic heterocycles. The van der Waals surface area contributed by atoms with E-state index < -0.39 is 0 Å². The number of hydrogen-bond donors (Lipinski definition) is 0. The Balaban J connectivity index is 1.58. The number of halogens is 1. The molecular weight excluding hydrogens is 351 g/mol. The summed E-state index contributed by atoms with van der Waals surface area (Å²) < 4.78 is 15.0. The van der Waals surface area contributed by atoms with Crippen molar-refractivity contribution in [3.05, 3.63) is 54.0 Å². The number of amides is 1. The molecule has 2 aromatic heterocycles. The zero-order valence-electron chi connectivity index (χ0n) is 14.3. The molecule has 3 aromatic rings. The second-order valence-electron chi connectivity index (χ2n) is 6.33. The van der Waals surface area contributed by atoms with Gasteiger partial charge in [-0.2, -0.15) is 0 Å². The topological polar surface area (TPSA) is 51.0 Å². The van der Waals surface area contributed by atoms with Crippen molar-refractivity contribution in [2.75, 3.05) is 13.1 Å². The highest BCUT2D eigenvalue weighted by molar-refractivity contribution is 7.98. The maximum Gasteiger partial charge on any atom is 0.242 e. The fourth-order valence-electron chi connectivity index (χ4n) is 3.12. The van der Waals surface area contributed by atoms with E-state index in [0.717, 1.165) is 47.8 Å². The molecule has 0 bridgehead atoms. The van der Waals surface area contributed by atoms with Crippen LogP contribution in [0.3, 0.4) is 0 Å². The number of likely N-dealkylation sites (tertiary alicyclic amines) is 1. The monoisotopic (exact) mass is 370 g/mol. The molecule has 1 saturated heterocycles. The minimum Gasteiger partial charge on any atom is -0.341 e. The number of pyridine rings is 1. The van der Waals surface area contributed by atoms with Crippen LogP contribution in [0.2, 0.25) is 0 Å². The van der Waals surface area contributed by atoms with Crippen LogP contribution in [0, 0.1) is 5.82 Å². The van der Waals surface area contributed by atoms with E-state index in [2.05, 4.69) is 9.97 Å². The van der Waals surface area contributed by atoms with Crippen molar-refractivity contribution in [1.29, 1.82) is 0 Å². The average molecular weight is 370 g/mol. The number of benzene rings is 1. The maximum atomic E-state index is 13.1. The molecule has 0 N–H and O–H groups in total. The number of nitrogens with zero attached hydrogens (tertiary/aromatic N) is 4. The van der Waals surface area contributed by atoms with Crippen LogP contribution in [0.5, 0.6) is 0 Å². The van der Waals surface area contributed by atoms with Crippen molar-refractivity contribution in [1.82, 2.24) is 19.4 Å². The smallest absolute Gasteiger partial charge is 0.242 e. The number of carbonyl (C=O) groups excluding carboxylic acids is 1. The Hall–Kier alpha value is -2.41. The Labute approximate surface area is 155 Å². The van der Waals surface area contributed by atoms with Crippen molar-refractivity contribution >= 4 is 28.8 Å². The van der Waals surface area contributed by atoms with Gasteiger partial charge in [-0.3, -0.25) is 9.36 Å². The van der Waals surface area contributed by atoms with Gasteiger partial charge in [0.2, 0.25) is 5.91 Å². The lowest BCUT2D eigenvalue weighted by Crippen LogP contribution is -2.31. The summed E-state index contributed by atoms with van der Waals surface area (Å²) in [4.78, 5) is 23.6. The summed E-state index contributed by atoms with van der Waals surface area (Å²) in [5.41, 5.74) is 2.51. The zero-order chi connectivity index (χ0) is 17.9. The normalized spacial score (nSPS) is 14.3. The van der Waals surface area contributed by atoms with Crippen LogP contribution in [0.1, 0.15) is 18.4 Å². The molecule has 0 saturated carbocycles. The Kier molecular flexibility index (Phi) is 4.88. The van der Waals surface area contributed by atoms with Crippen molar-refractivity contribution < 1.29 is 9.18 Å². The van der Waals surface area contributed by atoms with Crippen LogP contribution in [-0.2, 0) is 17.1 Å². The van der Waals surface area contributed by atoms with E-state index in [1.807, 2.05) is 21.6 Å². The van der Waals surface area contributed by atoms with Crippen LogP contribution in [0.4, 0.5) is 4.39 Å². The number of thioether (sulfide) groups is 1. The molecule has 4 rings (SSSR count). The van der Waals surface area contributed by atoms with Gasteiger partial charge in [-0.05, 0) is 42.7 Å². The quantitative estimate of drug-likeness (QED) is 0.645. The first-order valence-electron chi connectivity index (χ1n) is 8.67. The van der Waals surface area contributed by atoms with Gasteiger partial charge in [-0.15, -0.1) is 0 Å². The molecule has 3 heterocycles.